The van der Waals surface area contributed by atoms with E-state index in [1.807, 2.05) is 42.5 Å². The number of carbonyl (C=O) groups is 2. The van der Waals surface area contributed by atoms with E-state index in [9.17, 15) is 9.59 Å². The predicted octanol–water partition coefficient (Wildman–Crippen LogP) is 5.64. The zero-order chi connectivity index (χ0) is 24.8. The van der Waals surface area contributed by atoms with E-state index in [0.717, 1.165) is 36.4 Å². The molecule has 0 saturated carbocycles. The summed E-state index contributed by atoms with van der Waals surface area (Å²) in [7, 11) is 0. The average Bonchev–Trinajstić information content (AvgIpc) is 3.22. The van der Waals surface area contributed by atoms with Crippen molar-refractivity contribution in [3.63, 3.8) is 0 Å². The van der Waals surface area contributed by atoms with Crippen LogP contribution in [0.1, 0.15) is 47.8 Å². The highest BCUT2D eigenvalue weighted by atomic mass is 16.5. The normalized spacial score (nSPS) is 13.9. The quantitative estimate of drug-likeness (QED) is 0.314. The lowest BCUT2D eigenvalue weighted by Crippen LogP contribution is -2.22. The second kappa shape index (κ2) is 11.0. The van der Waals surface area contributed by atoms with E-state index in [1.54, 1.807) is 25.1 Å². The summed E-state index contributed by atoms with van der Waals surface area (Å²) in [4.78, 5) is 27.7. The number of esters is 1. The summed E-state index contributed by atoms with van der Waals surface area (Å²) in [6.07, 6.45) is 0. The van der Waals surface area contributed by atoms with Gasteiger partial charge in [-0.15, -0.1) is 0 Å². The molecule has 0 spiro atoms. The standard InChI is InChI=1S/C29H31N3O3/c1-4-32(5-2)19-20-12-15-23(16-13-20)30-27(21-10-8-7-9-11-21)26-24-17-14-22(29(34)35-6-3)18-25(24)31-28(26)33/h7-18,30H,4-6,19H2,1-3H3,(H,31,33). The summed E-state index contributed by atoms with van der Waals surface area (Å²) >= 11 is 0. The first-order valence-corrected chi connectivity index (χ1v) is 12.0. The van der Waals surface area contributed by atoms with E-state index in [1.165, 1.54) is 5.56 Å². The largest absolute Gasteiger partial charge is 0.462 e. The molecule has 0 bridgehead atoms. The number of benzene rings is 3. The van der Waals surface area contributed by atoms with Crippen molar-refractivity contribution in [2.45, 2.75) is 27.3 Å². The van der Waals surface area contributed by atoms with Crippen LogP contribution in [-0.2, 0) is 16.1 Å². The number of rotatable bonds is 9. The molecule has 2 N–H and O–H groups in total. The van der Waals surface area contributed by atoms with Crippen molar-refractivity contribution in [1.82, 2.24) is 4.90 Å². The third kappa shape index (κ3) is 5.44. The number of hydrogen-bond acceptors (Lipinski definition) is 5. The number of fused-ring (bicyclic) bond motifs is 1. The SMILES string of the molecule is CCOC(=O)c1ccc2c(c1)NC(=O)C2=C(Nc1ccc(CN(CC)CC)cc1)c1ccccc1. The van der Waals surface area contributed by atoms with E-state index in [2.05, 4.69) is 41.5 Å². The molecule has 0 radical (unpaired) electrons. The van der Waals surface area contributed by atoms with Crippen LogP contribution in [-0.4, -0.2) is 36.5 Å². The molecule has 1 aliphatic heterocycles. The minimum Gasteiger partial charge on any atom is -0.462 e. The van der Waals surface area contributed by atoms with Crippen LogP contribution in [0.15, 0.2) is 72.8 Å². The van der Waals surface area contributed by atoms with Crippen LogP contribution >= 0.6 is 0 Å². The van der Waals surface area contributed by atoms with E-state index in [4.69, 9.17) is 4.74 Å². The van der Waals surface area contributed by atoms with Gasteiger partial charge in [-0.25, -0.2) is 4.79 Å². The van der Waals surface area contributed by atoms with Gasteiger partial charge in [-0.2, -0.15) is 0 Å². The van der Waals surface area contributed by atoms with Crippen LogP contribution in [0, 0.1) is 0 Å². The van der Waals surface area contributed by atoms with Gasteiger partial charge in [-0.1, -0.05) is 62.4 Å². The fourth-order valence-electron chi connectivity index (χ4n) is 4.19. The molecule has 0 aliphatic carbocycles. The Kier molecular flexibility index (Phi) is 7.63. The molecule has 4 rings (SSSR count). The van der Waals surface area contributed by atoms with Crippen LogP contribution in [0.4, 0.5) is 11.4 Å². The highest BCUT2D eigenvalue weighted by Crippen LogP contribution is 2.38. The van der Waals surface area contributed by atoms with Gasteiger partial charge in [-0.3, -0.25) is 9.69 Å². The fourth-order valence-corrected chi connectivity index (χ4v) is 4.19. The van der Waals surface area contributed by atoms with Crippen LogP contribution in [0.5, 0.6) is 0 Å². The van der Waals surface area contributed by atoms with Crippen molar-refractivity contribution in [2.75, 3.05) is 30.3 Å². The maximum Gasteiger partial charge on any atom is 0.338 e. The number of hydrogen-bond donors (Lipinski definition) is 2. The van der Waals surface area contributed by atoms with Crippen LogP contribution < -0.4 is 10.6 Å². The number of nitrogens with one attached hydrogen (secondary N) is 2. The molecule has 180 valence electrons. The summed E-state index contributed by atoms with van der Waals surface area (Å²) in [6, 6.07) is 23.3. The Morgan fingerprint density at radius 2 is 1.63 bits per heavy atom. The summed E-state index contributed by atoms with van der Waals surface area (Å²) in [5.74, 6) is -0.626. The molecular formula is C29H31N3O3. The molecule has 3 aromatic carbocycles. The van der Waals surface area contributed by atoms with Crippen molar-refractivity contribution >= 4 is 34.5 Å². The molecule has 1 heterocycles. The smallest absolute Gasteiger partial charge is 0.338 e. The maximum absolute atomic E-state index is 13.2. The number of anilines is 2. The minimum atomic E-state index is -0.409. The van der Waals surface area contributed by atoms with Crippen molar-refractivity contribution in [3.05, 3.63) is 95.1 Å². The van der Waals surface area contributed by atoms with Crippen molar-refractivity contribution < 1.29 is 14.3 Å². The van der Waals surface area contributed by atoms with Gasteiger partial charge in [0.05, 0.1) is 29.1 Å². The van der Waals surface area contributed by atoms with Crippen LogP contribution in [0.2, 0.25) is 0 Å². The molecule has 6 heteroatoms. The maximum atomic E-state index is 13.2. The molecule has 1 aliphatic rings. The molecule has 35 heavy (non-hydrogen) atoms. The zero-order valence-corrected chi connectivity index (χ0v) is 20.4. The van der Waals surface area contributed by atoms with Gasteiger partial charge in [-0.05, 0) is 55.4 Å². The molecule has 0 aromatic heterocycles. The molecule has 0 fully saturated rings. The van der Waals surface area contributed by atoms with E-state index >= 15 is 0 Å². The molecular weight excluding hydrogens is 438 g/mol. The van der Waals surface area contributed by atoms with E-state index in [0.29, 0.717) is 29.1 Å². The first-order valence-electron chi connectivity index (χ1n) is 12.0. The Balaban J connectivity index is 1.71. The van der Waals surface area contributed by atoms with E-state index < -0.39 is 5.97 Å². The van der Waals surface area contributed by atoms with Crippen molar-refractivity contribution in [3.8, 4) is 0 Å². The lowest BCUT2D eigenvalue weighted by atomic mass is 9.99. The summed E-state index contributed by atoms with van der Waals surface area (Å²) < 4.78 is 5.11. The van der Waals surface area contributed by atoms with Gasteiger partial charge < -0.3 is 15.4 Å². The third-order valence-electron chi connectivity index (χ3n) is 6.11. The highest BCUT2D eigenvalue weighted by Gasteiger charge is 2.29. The lowest BCUT2D eigenvalue weighted by Gasteiger charge is -2.19. The number of ether oxygens (including phenoxy) is 1. The second-order valence-electron chi connectivity index (χ2n) is 8.33. The minimum absolute atomic E-state index is 0.217. The molecule has 6 nitrogen and oxygen atoms in total. The lowest BCUT2D eigenvalue weighted by molar-refractivity contribution is -0.110. The number of carbonyl (C=O) groups excluding carboxylic acids is 2. The zero-order valence-electron chi connectivity index (χ0n) is 20.4. The first-order chi connectivity index (χ1) is 17.0. The summed E-state index contributed by atoms with van der Waals surface area (Å²) in [5.41, 5.74) is 6.02. The van der Waals surface area contributed by atoms with Gasteiger partial charge >= 0.3 is 5.97 Å². The highest BCUT2D eigenvalue weighted by molar-refractivity contribution is 6.37. The van der Waals surface area contributed by atoms with Crippen LogP contribution in [0.25, 0.3) is 11.3 Å². The predicted molar refractivity (Wildman–Crippen MR) is 141 cm³/mol. The third-order valence-corrected chi connectivity index (χ3v) is 6.11. The Hall–Kier alpha value is -3.90. The summed E-state index contributed by atoms with van der Waals surface area (Å²) in [5, 5.41) is 6.40. The molecule has 0 atom stereocenters. The van der Waals surface area contributed by atoms with Gasteiger partial charge in [0.2, 0.25) is 0 Å². The Morgan fingerprint density at radius 3 is 2.29 bits per heavy atom. The summed E-state index contributed by atoms with van der Waals surface area (Å²) in [6.45, 7) is 9.31. The Bertz CT molecular complexity index is 1230. The number of nitrogens with zero attached hydrogens (tertiary/aromatic N) is 1. The molecule has 3 aromatic rings. The molecule has 0 saturated heterocycles. The van der Waals surface area contributed by atoms with Crippen molar-refractivity contribution in [2.24, 2.45) is 0 Å². The Labute approximate surface area is 206 Å². The molecule has 1 amide bonds. The Morgan fingerprint density at radius 1 is 0.914 bits per heavy atom. The van der Waals surface area contributed by atoms with Gasteiger partial charge in [0.1, 0.15) is 0 Å². The fraction of sp³-hybridized carbons (Fsp3) is 0.241. The topological polar surface area (TPSA) is 70.7 Å². The van der Waals surface area contributed by atoms with Crippen LogP contribution in [0.3, 0.4) is 0 Å². The van der Waals surface area contributed by atoms with Gasteiger partial charge in [0.25, 0.3) is 5.91 Å². The van der Waals surface area contributed by atoms with Gasteiger partial charge in [0, 0.05) is 17.8 Å². The molecule has 0 unspecified atom stereocenters. The first kappa shape index (κ1) is 24.2. The van der Waals surface area contributed by atoms with Gasteiger partial charge in [0.15, 0.2) is 0 Å². The average molecular weight is 470 g/mol. The van der Waals surface area contributed by atoms with E-state index in [-0.39, 0.29) is 5.91 Å². The monoisotopic (exact) mass is 469 g/mol. The van der Waals surface area contributed by atoms with Crippen molar-refractivity contribution in [1.29, 1.82) is 0 Å². The second-order valence-corrected chi connectivity index (χ2v) is 8.33. The number of amides is 1.